The summed E-state index contributed by atoms with van der Waals surface area (Å²) in [6.07, 6.45) is -3.11. The molecule has 7 heteroatoms. The van der Waals surface area contributed by atoms with Gasteiger partial charge >= 0.3 is 6.18 Å². The summed E-state index contributed by atoms with van der Waals surface area (Å²) in [7, 11) is 0. The average Bonchev–Trinajstić information content (AvgIpc) is 2.58. The van der Waals surface area contributed by atoms with Crippen LogP contribution in [0.4, 0.5) is 13.2 Å². The minimum atomic E-state index is -4.53. The summed E-state index contributed by atoms with van der Waals surface area (Å²) in [6.45, 7) is 1.74. The minimum Gasteiger partial charge on any atom is -0.324 e. The van der Waals surface area contributed by atoms with Crippen molar-refractivity contribution in [1.82, 2.24) is 14.6 Å². The van der Waals surface area contributed by atoms with E-state index in [9.17, 15) is 13.2 Å². The predicted molar refractivity (Wildman–Crippen MR) is 50.6 cm³/mol. The molecule has 4 nitrogen and oxygen atoms in total. The number of pyridine rings is 1. The molecule has 0 amide bonds. The van der Waals surface area contributed by atoms with Crippen LogP contribution in [0.25, 0.3) is 5.65 Å². The summed E-state index contributed by atoms with van der Waals surface area (Å²) in [4.78, 5) is 3.40. The molecule has 0 fully saturated rings. The number of hydrogen-bond donors (Lipinski definition) is 1. The fraction of sp³-hybridized carbons (Fsp3) is 0.333. The second kappa shape index (κ2) is 3.44. The molecule has 2 N–H and O–H groups in total. The maximum Gasteiger partial charge on any atom is 0.453 e. The number of nitrogens with two attached hydrogens (primary N) is 1. The van der Waals surface area contributed by atoms with E-state index in [1.54, 1.807) is 13.0 Å². The van der Waals surface area contributed by atoms with Gasteiger partial charge in [0.2, 0.25) is 0 Å². The van der Waals surface area contributed by atoms with Crippen molar-refractivity contribution in [3.05, 3.63) is 29.7 Å². The fourth-order valence-corrected chi connectivity index (χ4v) is 1.30. The first-order chi connectivity index (χ1) is 7.38. The Morgan fingerprint density at radius 1 is 1.44 bits per heavy atom. The second-order valence-electron chi connectivity index (χ2n) is 3.48. The smallest absolute Gasteiger partial charge is 0.324 e. The van der Waals surface area contributed by atoms with Crippen LogP contribution in [0, 0.1) is 0 Å². The van der Waals surface area contributed by atoms with Crippen molar-refractivity contribution < 1.29 is 13.2 Å². The fourth-order valence-electron chi connectivity index (χ4n) is 1.30. The maximum absolute atomic E-state index is 12.3. The molecule has 86 valence electrons. The number of halogens is 3. The van der Waals surface area contributed by atoms with E-state index in [0.717, 1.165) is 4.52 Å². The largest absolute Gasteiger partial charge is 0.453 e. The van der Waals surface area contributed by atoms with Crippen LogP contribution in [-0.2, 0) is 6.18 Å². The van der Waals surface area contributed by atoms with Crippen LogP contribution in [0.2, 0.25) is 0 Å². The van der Waals surface area contributed by atoms with E-state index in [2.05, 4.69) is 10.1 Å². The summed E-state index contributed by atoms with van der Waals surface area (Å²) >= 11 is 0. The number of aromatic nitrogens is 3. The van der Waals surface area contributed by atoms with Gasteiger partial charge in [-0.25, -0.2) is 9.50 Å². The van der Waals surface area contributed by atoms with Crippen molar-refractivity contribution in [1.29, 1.82) is 0 Å². The summed E-state index contributed by atoms with van der Waals surface area (Å²) in [5.41, 5.74) is 6.47. The third-order valence-electron chi connectivity index (χ3n) is 2.14. The van der Waals surface area contributed by atoms with Crippen LogP contribution in [0.3, 0.4) is 0 Å². The van der Waals surface area contributed by atoms with Gasteiger partial charge in [0, 0.05) is 12.2 Å². The van der Waals surface area contributed by atoms with E-state index >= 15 is 0 Å². The van der Waals surface area contributed by atoms with Gasteiger partial charge in [0.15, 0.2) is 5.65 Å². The lowest BCUT2D eigenvalue weighted by Crippen LogP contribution is -2.07. The minimum absolute atomic E-state index is 0.141. The molecule has 0 aromatic carbocycles. The Balaban J connectivity index is 2.54. The van der Waals surface area contributed by atoms with Crippen molar-refractivity contribution in [3.63, 3.8) is 0 Å². The van der Waals surface area contributed by atoms with Gasteiger partial charge in [-0.1, -0.05) is 0 Å². The molecular formula is C9H9F3N4. The third-order valence-corrected chi connectivity index (χ3v) is 2.14. The topological polar surface area (TPSA) is 56.2 Å². The van der Waals surface area contributed by atoms with Crippen molar-refractivity contribution in [3.8, 4) is 0 Å². The Labute approximate surface area is 88.9 Å². The van der Waals surface area contributed by atoms with Gasteiger partial charge in [0.25, 0.3) is 5.82 Å². The number of nitrogens with zero attached hydrogens (tertiary/aromatic N) is 3. The predicted octanol–water partition coefficient (Wildman–Crippen LogP) is 1.77. The zero-order valence-electron chi connectivity index (χ0n) is 8.36. The zero-order valence-corrected chi connectivity index (χ0v) is 8.36. The van der Waals surface area contributed by atoms with Gasteiger partial charge in [-0.05, 0) is 24.6 Å². The van der Waals surface area contributed by atoms with Gasteiger partial charge in [-0.2, -0.15) is 13.2 Å². The summed E-state index contributed by atoms with van der Waals surface area (Å²) in [5.74, 6) is -1.14. The van der Waals surface area contributed by atoms with Gasteiger partial charge in [0.05, 0.1) is 0 Å². The molecule has 0 aliphatic rings. The monoisotopic (exact) mass is 230 g/mol. The van der Waals surface area contributed by atoms with Gasteiger partial charge in [0.1, 0.15) is 0 Å². The highest BCUT2D eigenvalue weighted by molar-refractivity contribution is 5.41. The molecule has 0 bridgehead atoms. The van der Waals surface area contributed by atoms with Crippen LogP contribution in [-0.4, -0.2) is 14.6 Å². The Bertz CT molecular complexity index is 515. The first kappa shape index (κ1) is 10.9. The third kappa shape index (κ3) is 1.85. The zero-order chi connectivity index (χ0) is 11.9. The maximum atomic E-state index is 12.3. The number of hydrogen-bond acceptors (Lipinski definition) is 3. The Morgan fingerprint density at radius 2 is 2.12 bits per heavy atom. The van der Waals surface area contributed by atoms with E-state index in [-0.39, 0.29) is 11.7 Å². The number of alkyl halides is 3. The molecule has 0 aliphatic carbocycles. The van der Waals surface area contributed by atoms with E-state index in [1.165, 1.54) is 12.3 Å². The lowest BCUT2D eigenvalue weighted by Gasteiger charge is -2.03. The highest BCUT2D eigenvalue weighted by Crippen LogP contribution is 2.26. The van der Waals surface area contributed by atoms with Crippen molar-refractivity contribution >= 4 is 5.65 Å². The quantitative estimate of drug-likeness (QED) is 0.812. The Kier molecular flexibility index (Phi) is 2.34. The standard InChI is InChI=1S/C9H9F3N4/c1-5(13)6-2-3-16-7(4-6)14-8(15-16)9(10,11)12/h2-5H,13H2,1H3. The van der Waals surface area contributed by atoms with Crippen LogP contribution < -0.4 is 5.73 Å². The molecule has 1 unspecified atom stereocenters. The van der Waals surface area contributed by atoms with E-state index < -0.39 is 12.0 Å². The molecule has 0 saturated heterocycles. The molecule has 2 rings (SSSR count). The first-order valence-electron chi connectivity index (χ1n) is 4.57. The van der Waals surface area contributed by atoms with Crippen molar-refractivity contribution in [2.24, 2.45) is 5.73 Å². The van der Waals surface area contributed by atoms with Gasteiger partial charge < -0.3 is 5.73 Å². The first-order valence-corrected chi connectivity index (χ1v) is 4.57. The van der Waals surface area contributed by atoms with Gasteiger partial charge in [-0.3, -0.25) is 0 Å². The molecule has 2 heterocycles. The number of rotatable bonds is 1. The lowest BCUT2D eigenvalue weighted by molar-refractivity contribution is -0.144. The molecule has 1 atom stereocenters. The van der Waals surface area contributed by atoms with Crippen LogP contribution >= 0.6 is 0 Å². The molecule has 0 radical (unpaired) electrons. The summed E-state index contributed by atoms with van der Waals surface area (Å²) in [5, 5.41) is 3.32. The highest BCUT2D eigenvalue weighted by Gasteiger charge is 2.36. The molecule has 16 heavy (non-hydrogen) atoms. The molecule has 0 spiro atoms. The normalized spacial score (nSPS) is 14.3. The van der Waals surface area contributed by atoms with Gasteiger partial charge in [-0.15, -0.1) is 5.10 Å². The Morgan fingerprint density at radius 3 is 2.69 bits per heavy atom. The summed E-state index contributed by atoms with van der Waals surface area (Å²) < 4.78 is 38.0. The average molecular weight is 230 g/mol. The van der Waals surface area contributed by atoms with E-state index in [4.69, 9.17) is 5.73 Å². The Hall–Kier alpha value is -1.63. The summed E-state index contributed by atoms with van der Waals surface area (Å²) in [6, 6.07) is 2.86. The molecule has 0 saturated carbocycles. The lowest BCUT2D eigenvalue weighted by atomic mass is 10.1. The second-order valence-corrected chi connectivity index (χ2v) is 3.48. The van der Waals surface area contributed by atoms with E-state index in [0.29, 0.717) is 5.56 Å². The SMILES string of the molecule is CC(N)c1ccn2nc(C(F)(F)F)nc2c1. The molecule has 2 aromatic heterocycles. The molecule has 0 aliphatic heterocycles. The molecular weight excluding hydrogens is 221 g/mol. The van der Waals surface area contributed by atoms with Crippen LogP contribution in [0.1, 0.15) is 24.4 Å². The van der Waals surface area contributed by atoms with Crippen molar-refractivity contribution in [2.75, 3.05) is 0 Å². The van der Waals surface area contributed by atoms with E-state index in [1.807, 2.05) is 0 Å². The van der Waals surface area contributed by atoms with Crippen LogP contribution in [0.15, 0.2) is 18.3 Å². The van der Waals surface area contributed by atoms with Crippen molar-refractivity contribution in [2.45, 2.75) is 19.1 Å². The highest BCUT2D eigenvalue weighted by atomic mass is 19.4. The molecule has 2 aromatic rings. The van der Waals surface area contributed by atoms with Crippen LogP contribution in [0.5, 0.6) is 0 Å². The number of fused-ring (bicyclic) bond motifs is 1.